The third-order valence-electron chi connectivity index (χ3n) is 3.14. The summed E-state index contributed by atoms with van der Waals surface area (Å²) in [5.74, 6) is 0.942. The number of nitrogens with one attached hydrogen (secondary N) is 1. The number of aliphatic hydroxyl groups excluding tert-OH is 1. The monoisotopic (exact) mass is 251 g/mol. The Balaban J connectivity index is 2.29. The van der Waals surface area contributed by atoms with Crippen molar-refractivity contribution in [1.82, 2.24) is 5.32 Å². The van der Waals surface area contributed by atoms with Crippen LogP contribution in [0.25, 0.3) is 0 Å². The number of unbranched alkanes of at least 4 members (excludes halogenated alkanes) is 3. The summed E-state index contributed by atoms with van der Waals surface area (Å²) in [6.07, 6.45) is 4.36. The maximum atomic E-state index is 8.69. The third kappa shape index (κ3) is 5.07. The number of methoxy groups -OCH3 is 1. The van der Waals surface area contributed by atoms with E-state index in [0.717, 1.165) is 31.6 Å². The molecule has 102 valence electrons. The van der Waals surface area contributed by atoms with E-state index in [1.807, 2.05) is 18.2 Å². The summed E-state index contributed by atoms with van der Waals surface area (Å²) in [6, 6.07) is 8.43. The first-order valence-electron chi connectivity index (χ1n) is 6.76. The lowest BCUT2D eigenvalue weighted by molar-refractivity contribution is 0.282. The summed E-state index contributed by atoms with van der Waals surface area (Å²) in [7, 11) is 1.71. The maximum absolute atomic E-state index is 8.69. The van der Waals surface area contributed by atoms with Gasteiger partial charge >= 0.3 is 0 Å². The summed E-state index contributed by atoms with van der Waals surface area (Å²) in [5.41, 5.74) is 1.20. The minimum Gasteiger partial charge on any atom is -0.496 e. The molecule has 3 heteroatoms. The quantitative estimate of drug-likeness (QED) is 0.663. The Kier molecular flexibility index (Phi) is 7.46. The van der Waals surface area contributed by atoms with Gasteiger partial charge in [0.2, 0.25) is 0 Å². The lowest BCUT2D eigenvalue weighted by atomic mass is 10.1. The van der Waals surface area contributed by atoms with Gasteiger partial charge in [-0.3, -0.25) is 0 Å². The smallest absolute Gasteiger partial charge is 0.123 e. The van der Waals surface area contributed by atoms with Crippen LogP contribution >= 0.6 is 0 Å². The summed E-state index contributed by atoms with van der Waals surface area (Å²) in [5, 5.41) is 12.2. The van der Waals surface area contributed by atoms with Gasteiger partial charge < -0.3 is 15.2 Å². The van der Waals surface area contributed by atoms with Crippen LogP contribution in [0.2, 0.25) is 0 Å². The highest BCUT2D eigenvalue weighted by atomic mass is 16.5. The number of aliphatic hydroxyl groups is 1. The molecule has 0 bridgehead atoms. The fourth-order valence-corrected chi connectivity index (χ4v) is 2.04. The van der Waals surface area contributed by atoms with Crippen molar-refractivity contribution in [3.63, 3.8) is 0 Å². The molecule has 1 atom stereocenters. The van der Waals surface area contributed by atoms with Crippen LogP contribution in [0.5, 0.6) is 5.75 Å². The van der Waals surface area contributed by atoms with Gasteiger partial charge in [-0.1, -0.05) is 31.0 Å². The lowest BCUT2D eigenvalue weighted by Gasteiger charge is -2.17. The second-order valence-corrected chi connectivity index (χ2v) is 4.56. The predicted octanol–water partition coefficient (Wildman–Crippen LogP) is 2.90. The van der Waals surface area contributed by atoms with E-state index in [2.05, 4.69) is 18.3 Å². The van der Waals surface area contributed by atoms with Gasteiger partial charge in [0.05, 0.1) is 7.11 Å². The van der Waals surface area contributed by atoms with Crippen LogP contribution in [0.1, 0.15) is 44.2 Å². The Labute approximate surface area is 110 Å². The molecular formula is C15H25NO2. The normalized spacial score (nSPS) is 12.4. The molecule has 0 amide bonds. The second-order valence-electron chi connectivity index (χ2n) is 4.56. The Morgan fingerprint density at radius 2 is 1.89 bits per heavy atom. The molecule has 0 aliphatic rings. The maximum Gasteiger partial charge on any atom is 0.123 e. The van der Waals surface area contributed by atoms with E-state index in [1.54, 1.807) is 7.11 Å². The highest BCUT2D eigenvalue weighted by Gasteiger charge is 2.09. The zero-order chi connectivity index (χ0) is 13.2. The zero-order valence-corrected chi connectivity index (χ0v) is 11.5. The van der Waals surface area contributed by atoms with Gasteiger partial charge in [-0.05, 0) is 32.4 Å². The molecular weight excluding hydrogens is 226 g/mol. The number of benzene rings is 1. The molecule has 2 N–H and O–H groups in total. The molecule has 1 aromatic carbocycles. The highest BCUT2D eigenvalue weighted by molar-refractivity contribution is 5.35. The van der Waals surface area contributed by atoms with Crippen LogP contribution in [0.15, 0.2) is 24.3 Å². The molecule has 0 spiro atoms. The van der Waals surface area contributed by atoms with Gasteiger partial charge in [-0.2, -0.15) is 0 Å². The molecule has 0 radical (unpaired) electrons. The molecule has 3 nitrogen and oxygen atoms in total. The average Bonchev–Trinajstić information content (AvgIpc) is 2.42. The first-order chi connectivity index (χ1) is 8.79. The van der Waals surface area contributed by atoms with E-state index < -0.39 is 0 Å². The number of hydrogen-bond acceptors (Lipinski definition) is 3. The molecule has 1 aromatic rings. The lowest BCUT2D eigenvalue weighted by Crippen LogP contribution is -2.20. The Bertz CT molecular complexity index is 328. The van der Waals surface area contributed by atoms with Crippen molar-refractivity contribution in [3.8, 4) is 5.75 Å². The minimum atomic E-state index is 0.305. The first kappa shape index (κ1) is 15.0. The van der Waals surface area contributed by atoms with Crippen LogP contribution < -0.4 is 10.1 Å². The Morgan fingerprint density at radius 1 is 1.17 bits per heavy atom. The summed E-state index contributed by atoms with van der Waals surface area (Å²) < 4.78 is 5.36. The Hall–Kier alpha value is -1.06. The van der Waals surface area contributed by atoms with E-state index in [4.69, 9.17) is 9.84 Å². The van der Waals surface area contributed by atoms with Crippen molar-refractivity contribution in [2.75, 3.05) is 20.3 Å². The summed E-state index contributed by atoms with van der Waals surface area (Å²) in [4.78, 5) is 0. The molecule has 0 saturated heterocycles. The van der Waals surface area contributed by atoms with E-state index in [0.29, 0.717) is 12.6 Å². The number of hydrogen-bond donors (Lipinski definition) is 2. The van der Waals surface area contributed by atoms with Gasteiger partial charge in [0.15, 0.2) is 0 Å². The predicted molar refractivity (Wildman–Crippen MR) is 75.0 cm³/mol. The van der Waals surface area contributed by atoms with Crippen LogP contribution in [0.4, 0.5) is 0 Å². The van der Waals surface area contributed by atoms with Crippen LogP contribution in [-0.2, 0) is 0 Å². The van der Waals surface area contributed by atoms with Gasteiger partial charge in [0.1, 0.15) is 5.75 Å². The number of rotatable bonds is 9. The van der Waals surface area contributed by atoms with Gasteiger partial charge in [-0.25, -0.2) is 0 Å². The van der Waals surface area contributed by atoms with Crippen molar-refractivity contribution in [1.29, 1.82) is 0 Å². The van der Waals surface area contributed by atoms with E-state index in [9.17, 15) is 0 Å². The summed E-state index contributed by atoms with van der Waals surface area (Å²) >= 11 is 0. The van der Waals surface area contributed by atoms with Crippen molar-refractivity contribution in [3.05, 3.63) is 29.8 Å². The molecule has 0 heterocycles. The third-order valence-corrected chi connectivity index (χ3v) is 3.14. The fraction of sp³-hybridized carbons (Fsp3) is 0.600. The molecule has 0 saturated carbocycles. The largest absolute Gasteiger partial charge is 0.496 e. The van der Waals surface area contributed by atoms with E-state index >= 15 is 0 Å². The zero-order valence-electron chi connectivity index (χ0n) is 11.5. The average molecular weight is 251 g/mol. The van der Waals surface area contributed by atoms with Crippen molar-refractivity contribution < 1.29 is 9.84 Å². The van der Waals surface area contributed by atoms with Crippen LogP contribution in [0.3, 0.4) is 0 Å². The second kappa shape index (κ2) is 8.95. The summed E-state index contributed by atoms with van der Waals surface area (Å²) in [6.45, 7) is 3.47. The molecule has 0 unspecified atom stereocenters. The molecule has 0 aliphatic carbocycles. The van der Waals surface area contributed by atoms with Crippen LogP contribution in [0, 0.1) is 0 Å². The number of para-hydroxylation sites is 1. The molecule has 18 heavy (non-hydrogen) atoms. The van der Waals surface area contributed by atoms with E-state index in [1.165, 1.54) is 12.0 Å². The fourth-order valence-electron chi connectivity index (χ4n) is 2.04. The molecule has 0 fully saturated rings. The minimum absolute atomic E-state index is 0.305. The van der Waals surface area contributed by atoms with Crippen LogP contribution in [-0.4, -0.2) is 25.4 Å². The topological polar surface area (TPSA) is 41.5 Å². The van der Waals surface area contributed by atoms with Crippen molar-refractivity contribution >= 4 is 0 Å². The van der Waals surface area contributed by atoms with Gasteiger partial charge in [0.25, 0.3) is 0 Å². The molecule has 1 rings (SSSR count). The van der Waals surface area contributed by atoms with Crippen molar-refractivity contribution in [2.45, 2.75) is 38.6 Å². The molecule has 0 aliphatic heterocycles. The van der Waals surface area contributed by atoms with Gasteiger partial charge in [0, 0.05) is 18.2 Å². The SMILES string of the molecule is COc1ccccc1[C@@H](C)NCCCCCCO. The highest BCUT2D eigenvalue weighted by Crippen LogP contribution is 2.24. The van der Waals surface area contributed by atoms with E-state index in [-0.39, 0.29) is 0 Å². The number of ether oxygens (including phenoxy) is 1. The Morgan fingerprint density at radius 3 is 2.61 bits per heavy atom. The standard InChI is InChI=1S/C15H25NO2/c1-13(16-11-7-3-4-8-12-17)14-9-5-6-10-15(14)18-2/h5-6,9-10,13,16-17H,3-4,7-8,11-12H2,1-2H3/t13-/m1/s1. The molecule has 0 aromatic heterocycles. The van der Waals surface area contributed by atoms with Gasteiger partial charge in [-0.15, -0.1) is 0 Å². The van der Waals surface area contributed by atoms with Crippen molar-refractivity contribution in [2.24, 2.45) is 0 Å². The first-order valence-corrected chi connectivity index (χ1v) is 6.76.